The second kappa shape index (κ2) is 4.49. The summed E-state index contributed by atoms with van der Waals surface area (Å²) in [6, 6.07) is 10.2. The molecule has 0 unspecified atom stereocenters. The van der Waals surface area contributed by atoms with Crippen molar-refractivity contribution in [3.8, 4) is 0 Å². The summed E-state index contributed by atoms with van der Waals surface area (Å²) in [5.41, 5.74) is 3.32. The topological polar surface area (TPSA) is 38.1 Å². The molecule has 0 aliphatic carbocycles. The van der Waals surface area contributed by atoms with Gasteiger partial charge >= 0.3 is 0 Å². The largest absolute Gasteiger partial charge is 0.388 e. The quantitative estimate of drug-likeness (QED) is 0.852. The molecular weight excluding hydrogens is 200 g/mol. The molecular formula is C13H16N2O. The predicted octanol–water partition coefficient (Wildman–Crippen LogP) is 2.04. The predicted molar refractivity (Wildman–Crippen MR) is 63.2 cm³/mol. The van der Waals surface area contributed by atoms with Gasteiger partial charge in [-0.3, -0.25) is 0 Å². The molecule has 16 heavy (non-hydrogen) atoms. The number of nitrogens with zero attached hydrogens (tertiary/aromatic N) is 2. The maximum absolute atomic E-state index is 9.25. The molecule has 1 aromatic heterocycles. The van der Waals surface area contributed by atoms with Crippen molar-refractivity contribution in [3.63, 3.8) is 0 Å². The molecule has 1 heterocycles. The van der Waals surface area contributed by atoms with E-state index in [1.165, 1.54) is 5.56 Å². The highest BCUT2D eigenvalue weighted by molar-refractivity contribution is 5.20. The van der Waals surface area contributed by atoms with Gasteiger partial charge in [0, 0.05) is 12.2 Å². The highest BCUT2D eigenvalue weighted by Gasteiger charge is 2.09. The number of hydrogen-bond acceptors (Lipinski definition) is 2. The molecule has 0 spiro atoms. The summed E-state index contributed by atoms with van der Waals surface area (Å²) in [5, 5.41) is 9.25. The standard InChI is InChI=1S/C13H16N2O/c1-10-11(2)15(13(9-16)14-10)8-12-6-4-3-5-7-12/h3-7,16H,8-9H2,1-2H3. The van der Waals surface area contributed by atoms with Crippen molar-refractivity contribution >= 4 is 0 Å². The van der Waals surface area contributed by atoms with E-state index >= 15 is 0 Å². The summed E-state index contributed by atoms with van der Waals surface area (Å²) >= 11 is 0. The Kier molecular flexibility index (Phi) is 3.06. The van der Waals surface area contributed by atoms with E-state index in [-0.39, 0.29) is 6.61 Å². The molecule has 0 aliphatic rings. The van der Waals surface area contributed by atoms with Crippen LogP contribution in [0.15, 0.2) is 30.3 Å². The second-order valence-electron chi connectivity index (χ2n) is 3.93. The first-order chi connectivity index (χ1) is 7.72. The minimum absolute atomic E-state index is 0.0124. The van der Waals surface area contributed by atoms with Crippen LogP contribution in [0.1, 0.15) is 22.8 Å². The molecule has 2 aromatic rings. The highest BCUT2D eigenvalue weighted by Crippen LogP contribution is 2.13. The molecule has 3 nitrogen and oxygen atoms in total. The monoisotopic (exact) mass is 216 g/mol. The molecule has 0 saturated carbocycles. The van der Waals surface area contributed by atoms with Gasteiger partial charge in [-0.05, 0) is 19.4 Å². The van der Waals surface area contributed by atoms with Crippen LogP contribution in [0.2, 0.25) is 0 Å². The Hall–Kier alpha value is -1.61. The maximum atomic E-state index is 9.25. The minimum atomic E-state index is -0.0124. The van der Waals surface area contributed by atoms with E-state index in [1.54, 1.807) is 0 Å². The summed E-state index contributed by atoms with van der Waals surface area (Å²) < 4.78 is 2.06. The van der Waals surface area contributed by atoms with E-state index < -0.39 is 0 Å². The molecule has 0 aliphatic heterocycles. The van der Waals surface area contributed by atoms with E-state index in [4.69, 9.17) is 0 Å². The average Bonchev–Trinajstić information content (AvgIpc) is 2.58. The molecule has 0 bridgehead atoms. The average molecular weight is 216 g/mol. The van der Waals surface area contributed by atoms with Gasteiger partial charge in [0.25, 0.3) is 0 Å². The summed E-state index contributed by atoms with van der Waals surface area (Å²) in [6.45, 7) is 4.76. The molecule has 84 valence electrons. The van der Waals surface area contributed by atoms with Crippen molar-refractivity contribution in [2.24, 2.45) is 0 Å². The number of aryl methyl sites for hydroxylation is 1. The summed E-state index contributed by atoms with van der Waals surface area (Å²) in [6.07, 6.45) is 0. The van der Waals surface area contributed by atoms with Crippen molar-refractivity contribution in [2.45, 2.75) is 27.0 Å². The number of aliphatic hydroxyl groups excluding tert-OH is 1. The summed E-state index contributed by atoms with van der Waals surface area (Å²) in [5.74, 6) is 0.735. The van der Waals surface area contributed by atoms with Gasteiger partial charge in [-0.15, -0.1) is 0 Å². The van der Waals surface area contributed by atoms with Crippen molar-refractivity contribution in [3.05, 3.63) is 53.1 Å². The lowest BCUT2D eigenvalue weighted by Crippen LogP contribution is -2.06. The first kappa shape index (κ1) is 10.9. The van der Waals surface area contributed by atoms with Gasteiger partial charge in [0.05, 0.1) is 5.69 Å². The van der Waals surface area contributed by atoms with E-state index in [0.29, 0.717) is 0 Å². The first-order valence-corrected chi connectivity index (χ1v) is 5.39. The number of rotatable bonds is 3. The lowest BCUT2D eigenvalue weighted by molar-refractivity contribution is 0.265. The van der Waals surface area contributed by atoms with E-state index in [2.05, 4.69) is 21.7 Å². The normalized spacial score (nSPS) is 10.7. The molecule has 0 atom stereocenters. The van der Waals surface area contributed by atoms with Crippen LogP contribution in [0, 0.1) is 13.8 Å². The minimum Gasteiger partial charge on any atom is -0.388 e. The fourth-order valence-corrected chi connectivity index (χ4v) is 1.82. The van der Waals surface area contributed by atoms with Crippen LogP contribution in [-0.2, 0) is 13.2 Å². The molecule has 1 N–H and O–H groups in total. The third-order valence-electron chi connectivity index (χ3n) is 2.86. The Morgan fingerprint density at radius 2 is 1.88 bits per heavy atom. The van der Waals surface area contributed by atoms with Crippen molar-refractivity contribution in [1.29, 1.82) is 0 Å². The van der Waals surface area contributed by atoms with E-state index in [9.17, 15) is 5.11 Å². The van der Waals surface area contributed by atoms with Crippen LogP contribution in [-0.4, -0.2) is 14.7 Å². The molecule has 0 amide bonds. The zero-order valence-corrected chi connectivity index (χ0v) is 9.64. The van der Waals surface area contributed by atoms with E-state index in [1.807, 2.05) is 32.0 Å². The van der Waals surface area contributed by atoms with Crippen molar-refractivity contribution < 1.29 is 5.11 Å². The molecule has 0 saturated heterocycles. The zero-order chi connectivity index (χ0) is 11.5. The smallest absolute Gasteiger partial charge is 0.135 e. The van der Waals surface area contributed by atoms with Crippen LogP contribution < -0.4 is 0 Å². The number of aromatic nitrogens is 2. The second-order valence-corrected chi connectivity index (χ2v) is 3.93. The van der Waals surface area contributed by atoms with E-state index in [0.717, 1.165) is 23.8 Å². The highest BCUT2D eigenvalue weighted by atomic mass is 16.3. The fraction of sp³-hybridized carbons (Fsp3) is 0.308. The third-order valence-corrected chi connectivity index (χ3v) is 2.86. The Labute approximate surface area is 95.4 Å². The molecule has 2 rings (SSSR count). The van der Waals surface area contributed by atoms with Crippen molar-refractivity contribution in [1.82, 2.24) is 9.55 Å². The van der Waals surface area contributed by atoms with Crippen molar-refractivity contribution in [2.75, 3.05) is 0 Å². The van der Waals surface area contributed by atoms with Gasteiger partial charge in [-0.25, -0.2) is 4.98 Å². The van der Waals surface area contributed by atoms with Crippen LogP contribution in [0.4, 0.5) is 0 Å². The van der Waals surface area contributed by atoms with Gasteiger partial charge in [-0.2, -0.15) is 0 Å². The van der Waals surface area contributed by atoms with Crippen LogP contribution >= 0.6 is 0 Å². The number of benzene rings is 1. The first-order valence-electron chi connectivity index (χ1n) is 5.39. The van der Waals surface area contributed by atoms with Gasteiger partial charge in [0.2, 0.25) is 0 Å². The van der Waals surface area contributed by atoms with Gasteiger partial charge in [-0.1, -0.05) is 30.3 Å². The maximum Gasteiger partial charge on any atom is 0.135 e. The van der Waals surface area contributed by atoms with Crippen LogP contribution in [0.3, 0.4) is 0 Å². The molecule has 1 aromatic carbocycles. The third kappa shape index (κ3) is 1.99. The Balaban J connectivity index is 2.34. The SMILES string of the molecule is Cc1nc(CO)n(Cc2ccccc2)c1C. The van der Waals surface area contributed by atoms with Gasteiger partial charge in [0.1, 0.15) is 12.4 Å². The van der Waals surface area contributed by atoms with Gasteiger partial charge in [0.15, 0.2) is 0 Å². The lowest BCUT2D eigenvalue weighted by atomic mass is 10.2. The number of aliphatic hydroxyl groups is 1. The summed E-state index contributed by atoms with van der Waals surface area (Å²) in [4.78, 5) is 4.34. The molecule has 0 fully saturated rings. The molecule has 3 heteroatoms. The Morgan fingerprint density at radius 1 is 1.19 bits per heavy atom. The fourth-order valence-electron chi connectivity index (χ4n) is 1.82. The van der Waals surface area contributed by atoms with Crippen LogP contribution in [0.25, 0.3) is 0 Å². The number of hydrogen-bond donors (Lipinski definition) is 1. The Bertz CT molecular complexity index is 474. The Morgan fingerprint density at radius 3 is 2.50 bits per heavy atom. The zero-order valence-electron chi connectivity index (χ0n) is 9.64. The van der Waals surface area contributed by atoms with Crippen LogP contribution in [0.5, 0.6) is 0 Å². The summed E-state index contributed by atoms with van der Waals surface area (Å²) in [7, 11) is 0. The lowest BCUT2D eigenvalue weighted by Gasteiger charge is -2.08. The number of imidazole rings is 1. The molecule has 0 radical (unpaired) electrons. The van der Waals surface area contributed by atoms with Gasteiger partial charge < -0.3 is 9.67 Å².